The second-order valence-corrected chi connectivity index (χ2v) is 12.5. The summed E-state index contributed by atoms with van der Waals surface area (Å²) < 4.78 is 53.0. The Balaban J connectivity index is 1.86. The van der Waals surface area contributed by atoms with Crippen LogP contribution in [0.5, 0.6) is 0 Å². The predicted octanol–water partition coefficient (Wildman–Crippen LogP) is 3.53. The van der Waals surface area contributed by atoms with Gasteiger partial charge in [-0.15, -0.1) is 0 Å². The summed E-state index contributed by atoms with van der Waals surface area (Å²) >= 11 is 0. The van der Waals surface area contributed by atoms with Crippen LogP contribution in [0.3, 0.4) is 0 Å². The van der Waals surface area contributed by atoms with Crippen LogP contribution >= 0.6 is 0 Å². The monoisotopic (exact) mass is 421 g/mol. The van der Waals surface area contributed by atoms with Crippen molar-refractivity contribution >= 4 is 19.9 Å². The van der Waals surface area contributed by atoms with Gasteiger partial charge < -0.3 is 0 Å². The fraction of sp³-hybridized carbons (Fsp3) is 0.429. The Morgan fingerprint density at radius 2 is 1.54 bits per heavy atom. The molecule has 2 aromatic carbocycles. The highest BCUT2D eigenvalue weighted by atomic mass is 32.2. The molecule has 1 fully saturated rings. The van der Waals surface area contributed by atoms with E-state index < -0.39 is 25.1 Å². The van der Waals surface area contributed by atoms with E-state index in [0.717, 1.165) is 11.1 Å². The third kappa shape index (κ3) is 4.31. The average Bonchev–Trinajstić information content (AvgIpc) is 2.80. The highest BCUT2D eigenvalue weighted by molar-refractivity contribution is 7.92. The first-order valence-corrected chi connectivity index (χ1v) is 12.5. The number of hydrogen-bond acceptors (Lipinski definition) is 4. The van der Waals surface area contributed by atoms with Gasteiger partial charge in [-0.2, -0.15) is 4.31 Å². The van der Waals surface area contributed by atoms with Crippen molar-refractivity contribution in [1.29, 1.82) is 0 Å². The van der Waals surface area contributed by atoms with Crippen molar-refractivity contribution in [3.8, 4) is 0 Å². The van der Waals surface area contributed by atoms with Gasteiger partial charge in [0, 0.05) is 13.1 Å². The molecule has 1 aliphatic rings. The molecule has 1 heterocycles. The summed E-state index contributed by atoms with van der Waals surface area (Å²) in [5, 5.41) is -0.669. The van der Waals surface area contributed by atoms with Crippen LogP contribution in [0.2, 0.25) is 0 Å². The van der Waals surface area contributed by atoms with Gasteiger partial charge in [0.2, 0.25) is 10.0 Å². The van der Waals surface area contributed by atoms with Gasteiger partial charge in [0.1, 0.15) is 0 Å². The molecule has 0 bridgehead atoms. The summed E-state index contributed by atoms with van der Waals surface area (Å²) in [6, 6.07) is 15.9. The standard InChI is InChI=1S/C21H27NO4S2/c1-21(2,3)18-9-11-19(12-10-18)28(25,26)22-14-13-20(27(23,24)16-15-22)17-7-5-4-6-8-17/h4-12,20H,13-16H2,1-3H3. The maximum atomic E-state index is 13.1. The normalized spacial score (nSPS) is 21.2. The lowest BCUT2D eigenvalue weighted by Gasteiger charge is -2.22. The minimum atomic E-state index is -3.73. The minimum absolute atomic E-state index is 0.0188. The van der Waals surface area contributed by atoms with Gasteiger partial charge in [-0.25, -0.2) is 16.8 Å². The maximum absolute atomic E-state index is 13.1. The SMILES string of the molecule is CC(C)(C)c1ccc(S(=O)(=O)N2CCC(c3ccccc3)S(=O)(=O)CC2)cc1. The molecule has 1 saturated heterocycles. The van der Waals surface area contributed by atoms with E-state index in [1.54, 1.807) is 36.4 Å². The Kier molecular flexibility index (Phi) is 5.71. The minimum Gasteiger partial charge on any atom is -0.228 e. The average molecular weight is 422 g/mol. The highest BCUT2D eigenvalue weighted by Gasteiger charge is 2.35. The first kappa shape index (κ1) is 21.0. The van der Waals surface area contributed by atoms with Crippen LogP contribution in [-0.4, -0.2) is 40.0 Å². The summed E-state index contributed by atoms with van der Waals surface area (Å²) in [6.07, 6.45) is 0.256. The number of hydrogen-bond donors (Lipinski definition) is 0. The van der Waals surface area contributed by atoms with Gasteiger partial charge in [0.25, 0.3) is 0 Å². The molecule has 28 heavy (non-hydrogen) atoms. The number of sulfone groups is 1. The van der Waals surface area contributed by atoms with Gasteiger partial charge in [-0.3, -0.25) is 0 Å². The van der Waals surface area contributed by atoms with E-state index in [1.165, 1.54) is 4.31 Å². The number of sulfonamides is 1. The van der Waals surface area contributed by atoms with Crippen molar-refractivity contribution < 1.29 is 16.8 Å². The van der Waals surface area contributed by atoms with Crippen molar-refractivity contribution in [3.05, 3.63) is 65.7 Å². The van der Waals surface area contributed by atoms with Crippen molar-refractivity contribution in [3.63, 3.8) is 0 Å². The summed E-state index contributed by atoms with van der Waals surface area (Å²) in [5.74, 6) is -0.175. The van der Waals surface area contributed by atoms with Gasteiger partial charge >= 0.3 is 0 Å². The van der Waals surface area contributed by atoms with Crippen molar-refractivity contribution in [2.45, 2.75) is 42.8 Å². The van der Waals surface area contributed by atoms with E-state index >= 15 is 0 Å². The summed E-state index contributed by atoms with van der Waals surface area (Å²) in [6.45, 7) is 6.37. The summed E-state index contributed by atoms with van der Waals surface area (Å²) in [5.41, 5.74) is 1.70. The highest BCUT2D eigenvalue weighted by Crippen LogP contribution is 2.31. The summed E-state index contributed by atoms with van der Waals surface area (Å²) in [4.78, 5) is 0.205. The third-order valence-electron chi connectivity index (χ3n) is 5.23. The predicted molar refractivity (Wildman–Crippen MR) is 111 cm³/mol. The second kappa shape index (κ2) is 7.61. The Hall–Kier alpha value is -1.70. The Labute approximate surface area is 168 Å². The smallest absolute Gasteiger partial charge is 0.228 e. The number of benzene rings is 2. The van der Waals surface area contributed by atoms with Crippen LogP contribution in [0.15, 0.2) is 59.5 Å². The molecule has 152 valence electrons. The topological polar surface area (TPSA) is 71.5 Å². The third-order valence-corrected chi connectivity index (χ3v) is 9.27. The van der Waals surface area contributed by atoms with Crippen LogP contribution in [0.4, 0.5) is 0 Å². The van der Waals surface area contributed by atoms with E-state index in [9.17, 15) is 16.8 Å². The molecule has 0 amide bonds. The molecular weight excluding hydrogens is 394 g/mol. The lowest BCUT2D eigenvalue weighted by molar-refractivity contribution is 0.428. The Morgan fingerprint density at radius 3 is 2.11 bits per heavy atom. The molecule has 0 spiro atoms. The van der Waals surface area contributed by atoms with Gasteiger partial charge in [0.05, 0.1) is 15.9 Å². The van der Waals surface area contributed by atoms with Crippen molar-refractivity contribution in [2.24, 2.45) is 0 Å². The van der Waals surface area contributed by atoms with Crippen molar-refractivity contribution in [2.75, 3.05) is 18.8 Å². The van der Waals surface area contributed by atoms with Crippen LogP contribution in [0.1, 0.15) is 43.6 Å². The van der Waals surface area contributed by atoms with Crippen LogP contribution in [0, 0.1) is 0 Å². The molecule has 1 atom stereocenters. The molecule has 5 nitrogen and oxygen atoms in total. The summed E-state index contributed by atoms with van der Waals surface area (Å²) in [7, 11) is -7.16. The fourth-order valence-electron chi connectivity index (χ4n) is 3.48. The lowest BCUT2D eigenvalue weighted by atomic mass is 9.87. The Morgan fingerprint density at radius 1 is 0.929 bits per heavy atom. The van der Waals surface area contributed by atoms with Crippen LogP contribution < -0.4 is 0 Å². The fourth-order valence-corrected chi connectivity index (χ4v) is 6.85. The molecule has 1 aliphatic heterocycles. The Bertz CT molecular complexity index is 1020. The molecule has 0 aromatic heterocycles. The molecule has 1 unspecified atom stereocenters. The molecule has 0 saturated carbocycles. The van der Waals surface area contributed by atoms with E-state index in [1.807, 2.05) is 18.2 Å². The zero-order chi connectivity index (χ0) is 20.6. The molecule has 3 rings (SSSR count). The van der Waals surface area contributed by atoms with E-state index in [4.69, 9.17) is 0 Å². The van der Waals surface area contributed by atoms with Gasteiger partial charge in [-0.1, -0.05) is 63.2 Å². The van der Waals surface area contributed by atoms with E-state index in [0.29, 0.717) is 0 Å². The molecule has 2 aromatic rings. The lowest BCUT2D eigenvalue weighted by Crippen LogP contribution is -2.33. The second-order valence-electron chi connectivity index (χ2n) is 8.23. The first-order chi connectivity index (χ1) is 13.0. The molecule has 7 heteroatoms. The quantitative estimate of drug-likeness (QED) is 0.760. The number of nitrogens with zero attached hydrogens (tertiary/aromatic N) is 1. The molecule has 0 radical (unpaired) electrons. The zero-order valence-corrected chi connectivity index (χ0v) is 18.1. The van der Waals surface area contributed by atoms with Gasteiger partial charge in [-0.05, 0) is 35.1 Å². The van der Waals surface area contributed by atoms with Crippen LogP contribution in [0.25, 0.3) is 0 Å². The van der Waals surface area contributed by atoms with Crippen LogP contribution in [-0.2, 0) is 25.3 Å². The van der Waals surface area contributed by atoms with Crippen molar-refractivity contribution in [1.82, 2.24) is 4.31 Å². The first-order valence-electron chi connectivity index (χ1n) is 9.39. The molecular formula is C21H27NO4S2. The number of rotatable bonds is 3. The maximum Gasteiger partial charge on any atom is 0.243 e. The van der Waals surface area contributed by atoms with Gasteiger partial charge in [0.15, 0.2) is 9.84 Å². The largest absolute Gasteiger partial charge is 0.243 e. The molecule has 0 aliphatic carbocycles. The zero-order valence-electron chi connectivity index (χ0n) is 16.5. The van der Waals surface area contributed by atoms with E-state index in [-0.39, 0.29) is 35.6 Å². The molecule has 0 N–H and O–H groups in total. The van der Waals surface area contributed by atoms with E-state index in [2.05, 4.69) is 20.8 Å².